The number of hydrogen-bond acceptors (Lipinski definition) is 6. The van der Waals surface area contributed by atoms with Gasteiger partial charge in [0.2, 0.25) is 0 Å². The van der Waals surface area contributed by atoms with E-state index in [9.17, 15) is 4.79 Å². The van der Waals surface area contributed by atoms with Crippen molar-refractivity contribution in [3.05, 3.63) is 74.8 Å². The Balaban J connectivity index is 1.48. The minimum atomic E-state index is -1.85. The summed E-state index contributed by atoms with van der Waals surface area (Å²) in [5.74, 6) is 0.511. The highest BCUT2D eigenvalue weighted by molar-refractivity contribution is 6.66. The predicted octanol–water partition coefficient (Wildman–Crippen LogP) is 6.60. The quantitative estimate of drug-likeness (QED) is 0.281. The molecular formula is C25H25Cl5N4O3. The van der Waals surface area contributed by atoms with Crippen molar-refractivity contribution in [2.45, 2.75) is 36.0 Å². The van der Waals surface area contributed by atoms with Gasteiger partial charge in [-0.2, -0.15) is 4.98 Å². The molecule has 0 saturated carbocycles. The second-order valence-electron chi connectivity index (χ2n) is 8.81. The summed E-state index contributed by atoms with van der Waals surface area (Å²) >= 11 is 29.9. The van der Waals surface area contributed by atoms with E-state index in [0.29, 0.717) is 34.4 Å². The van der Waals surface area contributed by atoms with Crippen LogP contribution in [0.5, 0.6) is 5.75 Å². The minimum Gasteiger partial charge on any atom is -0.493 e. The Bertz CT molecular complexity index is 1240. The Labute approximate surface area is 240 Å². The van der Waals surface area contributed by atoms with E-state index in [-0.39, 0.29) is 23.5 Å². The fourth-order valence-corrected chi connectivity index (χ4v) is 4.90. The van der Waals surface area contributed by atoms with Gasteiger partial charge < -0.3 is 19.9 Å². The molecule has 0 radical (unpaired) electrons. The first-order valence-electron chi connectivity index (χ1n) is 11.7. The van der Waals surface area contributed by atoms with Crippen molar-refractivity contribution in [1.82, 2.24) is 20.8 Å². The molecular weight excluding hydrogens is 582 g/mol. The lowest BCUT2D eigenvalue weighted by Gasteiger charge is -2.29. The zero-order valence-electron chi connectivity index (χ0n) is 19.9. The number of halogens is 5. The number of hydrogen-bond donors (Lipinski definition) is 2. The highest BCUT2D eigenvalue weighted by Crippen LogP contribution is 2.38. The van der Waals surface area contributed by atoms with Gasteiger partial charge in [0.25, 0.3) is 15.6 Å². The number of benzene rings is 2. The lowest BCUT2D eigenvalue weighted by molar-refractivity contribution is 0.0909. The summed E-state index contributed by atoms with van der Waals surface area (Å²) in [6.45, 7) is 3.92. The SMILES string of the molecule is Cc1ccc(C(=O)NC(c2noc(C(Cl)(Cl)Cl)n2)C2CCNCC2)cc1OCCc1ccc(Cl)cc1Cl. The monoisotopic (exact) mass is 604 g/mol. The summed E-state index contributed by atoms with van der Waals surface area (Å²) in [6, 6.07) is 10.2. The number of amides is 1. The fourth-order valence-electron chi connectivity index (χ4n) is 4.16. The molecule has 2 N–H and O–H groups in total. The number of ether oxygens (including phenoxy) is 1. The molecule has 2 heterocycles. The number of rotatable bonds is 8. The first-order valence-corrected chi connectivity index (χ1v) is 13.6. The van der Waals surface area contributed by atoms with Crippen LogP contribution in [0, 0.1) is 12.8 Å². The zero-order chi connectivity index (χ0) is 26.6. The molecule has 4 rings (SSSR count). The first kappa shape index (κ1) is 28.3. The van der Waals surface area contributed by atoms with Gasteiger partial charge in [-0.25, -0.2) is 0 Å². The Morgan fingerprint density at radius 1 is 1.19 bits per heavy atom. The number of piperidine rings is 1. The van der Waals surface area contributed by atoms with E-state index in [1.54, 1.807) is 24.3 Å². The predicted molar refractivity (Wildman–Crippen MR) is 146 cm³/mol. The normalized spacial score (nSPS) is 15.4. The van der Waals surface area contributed by atoms with Crippen LogP contribution in [-0.4, -0.2) is 35.7 Å². The van der Waals surface area contributed by atoms with Crippen LogP contribution in [0.2, 0.25) is 10.0 Å². The molecule has 12 heteroatoms. The van der Waals surface area contributed by atoms with Gasteiger partial charge in [0.1, 0.15) is 5.75 Å². The number of carbonyl (C=O) groups excluding carboxylic acids is 1. The van der Waals surface area contributed by atoms with Crippen LogP contribution < -0.4 is 15.4 Å². The number of carbonyl (C=O) groups is 1. The Morgan fingerprint density at radius 2 is 1.95 bits per heavy atom. The van der Waals surface area contributed by atoms with Crippen LogP contribution in [0.25, 0.3) is 0 Å². The van der Waals surface area contributed by atoms with Crippen molar-refractivity contribution >= 4 is 63.9 Å². The van der Waals surface area contributed by atoms with E-state index >= 15 is 0 Å². The lowest BCUT2D eigenvalue weighted by Crippen LogP contribution is -2.39. The Hall–Kier alpha value is -1.74. The van der Waals surface area contributed by atoms with Gasteiger partial charge >= 0.3 is 0 Å². The standard InChI is InChI=1S/C25H25Cl5N4O3/c1-14-2-3-17(12-20(14)36-11-8-15-4-5-18(26)13-19(15)27)23(35)32-21(16-6-9-31-10-7-16)22-33-24(37-34-22)25(28,29)30/h2-5,12-13,16,21,31H,6-11H2,1H3,(H,32,35). The van der Waals surface area contributed by atoms with E-state index in [0.717, 1.165) is 37.1 Å². The number of aromatic nitrogens is 2. The third kappa shape index (κ3) is 7.43. The van der Waals surface area contributed by atoms with Crippen molar-refractivity contribution in [3.63, 3.8) is 0 Å². The molecule has 1 amide bonds. The molecule has 2 aromatic carbocycles. The van der Waals surface area contributed by atoms with E-state index < -0.39 is 9.83 Å². The van der Waals surface area contributed by atoms with E-state index in [2.05, 4.69) is 20.8 Å². The largest absolute Gasteiger partial charge is 0.493 e. The maximum absolute atomic E-state index is 13.3. The summed E-state index contributed by atoms with van der Waals surface area (Å²) in [5.41, 5.74) is 2.27. The van der Waals surface area contributed by atoms with Crippen molar-refractivity contribution < 1.29 is 14.1 Å². The molecule has 0 bridgehead atoms. The number of alkyl halides is 3. The minimum absolute atomic E-state index is 0.0799. The van der Waals surface area contributed by atoms with Crippen molar-refractivity contribution in [2.24, 2.45) is 5.92 Å². The molecule has 0 aliphatic carbocycles. The van der Waals surface area contributed by atoms with Gasteiger partial charge in [-0.05, 0) is 74.2 Å². The number of nitrogens with one attached hydrogen (secondary N) is 2. The van der Waals surface area contributed by atoms with Crippen molar-refractivity contribution in [2.75, 3.05) is 19.7 Å². The second kappa shape index (κ2) is 12.4. The molecule has 7 nitrogen and oxygen atoms in total. The van der Waals surface area contributed by atoms with E-state index in [4.69, 9.17) is 67.3 Å². The van der Waals surface area contributed by atoms with Crippen LogP contribution >= 0.6 is 58.0 Å². The summed E-state index contributed by atoms with van der Waals surface area (Å²) in [4.78, 5) is 17.6. The summed E-state index contributed by atoms with van der Waals surface area (Å²) in [6.07, 6.45) is 2.23. The van der Waals surface area contributed by atoms with Crippen LogP contribution in [0.4, 0.5) is 0 Å². The average molecular weight is 607 g/mol. The molecule has 1 saturated heterocycles. The molecule has 1 atom stereocenters. The van der Waals surface area contributed by atoms with Gasteiger partial charge in [0, 0.05) is 22.0 Å². The molecule has 1 aliphatic rings. The molecule has 0 spiro atoms. The Morgan fingerprint density at radius 3 is 2.62 bits per heavy atom. The van der Waals surface area contributed by atoms with Gasteiger partial charge in [-0.15, -0.1) is 0 Å². The summed E-state index contributed by atoms with van der Waals surface area (Å²) < 4.78 is 9.30. The smallest absolute Gasteiger partial charge is 0.278 e. The molecule has 3 aromatic rings. The van der Waals surface area contributed by atoms with E-state index in [1.165, 1.54) is 0 Å². The Kier molecular flexibility index (Phi) is 9.48. The molecule has 198 valence electrons. The fraction of sp³-hybridized carbons (Fsp3) is 0.400. The van der Waals surface area contributed by atoms with E-state index in [1.807, 2.05) is 19.1 Å². The molecule has 1 unspecified atom stereocenters. The molecule has 1 aromatic heterocycles. The van der Waals surface area contributed by atoms with Gasteiger partial charge in [0.05, 0.1) is 12.6 Å². The lowest BCUT2D eigenvalue weighted by atomic mass is 9.89. The molecule has 1 fully saturated rings. The average Bonchev–Trinajstić information content (AvgIpc) is 3.36. The third-order valence-electron chi connectivity index (χ3n) is 6.20. The maximum atomic E-state index is 13.3. The van der Waals surface area contributed by atoms with Crippen LogP contribution in [0.3, 0.4) is 0 Å². The van der Waals surface area contributed by atoms with Gasteiger partial charge in [0.15, 0.2) is 5.82 Å². The summed E-state index contributed by atoms with van der Waals surface area (Å²) in [7, 11) is 0. The van der Waals surface area contributed by atoms with Crippen LogP contribution in [0.15, 0.2) is 40.9 Å². The van der Waals surface area contributed by atoms with Gasteiger partial charge in [-0.3, -0.25) is 4.79 Å². The maximum Gasteiger partial charge on any atom is 0.278 e. The molecule has 37 heavy (non-hydrogen) atoms. The van der Waals surface area contributed by atoms with Crippen molar-refractivity contribution in [1.29, 1.82) is 0 Å². The van der Waals surface area contributed by atoms with Gasteiger partial charge in [-0.1, -0.05) is 75.3 Å². The van der Waals surface area contributed by atoms with Crippen molar-refractivity contribution in [3.8, 4) is 5.75 Å². The molecule has 1 aliphatic heterocycles. The number of aryl methyl sites for hydroxylation is 1. The highest BCUT2D eigenvalue weighted by Gasteiger charge is 2.35. The third-order valence-corrected chi connectivity index (χ3v) is 7.27. The number of nitrogens with zero attached hydrogens (tertiary/aromatic N) is 2. The van der Waals surface area contributed by atoms with Crippen LogP contribution in [0.1, 0.15) is 52.1 Å². The second-order valence-corrected chi connectivity index (χ2v) is 11.9. The zero-order valence-corrected chi connectivity index (χ0v) is 23.7. The highest BCUT2D eigenvalue weighted by atomic mass is 35.6. The summed E-state index contributed by atoms with van der Waals surface area (Å²) in [5, 5.41) is 11.5. The van der Waals surface area contributed by atoms with Crippen LogP contribution in [-0.2, 0) is 10.2 Å². The first-order chi connectivity index (χ1) is 17.6. The topological polar surface area (TPSA) is 89.3 Å².